The number of methoxy groups -OCH3 is 1. The van der Waals surface area contributed by atoms with Crippen LogP contribution in [0, 0.1) is 0 Å². The Morgan fingerprint density at radius 3 is 2.05 bits per heavy atom. The molecule has 0 aromatic heterocycles. The Morgan fingerprint density at radius 1 is 0.789 bits per heavy atom. The highest BCUT2D eigenvalue weighted by Gasteiger charge is 2.43. The molecule has 0 heterocycles. The van der Waals surface area contributed by atoms with Gasteiger partial charge in [0.25, 0.3) is 0 Å². The van der Waals surface area contributed by atoms with Crippen LogP contribution in [0.2, 0.25) is 5.02 Å². The van der Waals surface area contributed by atoms with E-state index < -0.39 is 11.5 Å². The number of hydrogen-bond donors (Lipinski definition) is 1. The van der Waals surface area contributed by atoms with E-state index in [9.17, 15) is 5.11 Å². The van der Waals surface area contributed by atoms with E-state index in [2.05, 4.69) is 47.4 Å². The van der Waals surface area contributed by atoms with E-state index in [0.717, 1.165) is 44.0 Å². The number of ether oxygens (including phenoxy) is 1. The van der Waals surface area contributed by atoms with Crippen molar-refractivity contribution in [2.75, 3.05) is 27.7 Å². The van der Waals surface area contributed by atoms with Crippen molar-refractivity contribution in [1.82, 2.24) is 4.90 Å². The van der Waals surface area contributed by atoms with Crippen LogP contribution in [0.4, 0.5) is 0 Å². The van der Waals surface area contributed by atoms with Gasteiger partial charge in [-0.2, -0.15) is 0 Å². The third-order valence-electron chi connectivity index (χ3n) is 7.32. The summed E-state index contributed by atoms with van der Waals surface area (Å²) in [6.07, 6.45) is 0.522. The van der Waals surface area contributed by atoms with Gasteiger partial charge in [0.1, 0.15) is 11.4 Å². The van der Waals surface area contributed by atoms with Gasteiger partial charge in [-0.1, -0.05) is 96.5 Å². The van der Waals surface area contributed by atoms with Crippen LogP contribution in [0.3, 0.4) is 0 Å². The van der Waals surface area contributed by atoms with Gasteiger partial charge < -0.3 is 14.7 Å². The Morgan fingerprint density at radius 2 is 1.39 bits per heavy atom. The average molecular weight is 547 g/mol. The normalized spacial score (nSPS) is 13.7. The molecule has 2 unspecified atom stereocenters. The van der Waals surface area contributed by atoms with Crippen LogP contribution in [-0.4, -0.2) is 37.8 Å². The van der Waals surface area contributed by atoms with E-state index >= 15 is 0 Å². The summed E-state index contributed by atoms with van der Waals surface area (Å²) < 4.78 is 5.98. The monoisotopic (exact) mass is 545 g/mol. The Hall–Kier alpha value is -3.08. The molecular formula is C33H33Cl2NO2. The lowest BCUT2D eigenvalue weighted by Crippen LogP contribution is -2.38. The summed E-state index contributed by atoms with van der Waals surface area (Å²) in [6, 6.07) is 34.7. The molecule has 5 aromatic carbocycles. The molecular weight excluding hydrogens is 513 g/mol. The first-order chi connectivity index (χ1) is 17.9. The molecule has 0 radical (unpaired) electrons. The molecule has 5 heteroatoms. The number of fused-ring (bicyclic) bond motifs is 2. The maximum absolute atomic E-state index is 13.1. The number of nitrogens with zero attached hydrogens (tertiary/aromatic N) is 1. The molecule has 0 bridgehead atoms. The third-order valence-corrected chi connectivity index (χ3v) is 7.57. The highest BCUT2D eigenvalue weighted by molar-refractivity contribution is 6.30. The molecule has 0 saturated carbocycles. The minimum Gasteiger partial charge on any atom is -0.496 e. The van der Waals surface area contributed by atoms with Gasteiger partial charge in [-0.05, 0) is 71.4 Å². The molecule has 0 fully saturated rings. The van der Waals surface area contributed by atoms with E-state index in [4.69, 9.17) is 16.3 Å². The predicted molar refractivity (Wildman–Crippen MR) is 162 cm³/mol. The summed E-state index contributed by atoms with van der Waals surface area (Å²) in [5, 5.41) is 18.1. The molecule has 5 rings (SSSR count). The fourth-order valence-electron chi connectivity index (χ4n) is 5.52. The van der Waals surface area contributed by atoms with E-state index in [1.165, 1.54) is 0 Å². The van der Waals surface area contributed by atoms with Crippen molar-refractivity contribution in [2.24, 2.45) is 0 Å². The predicted octanol–water partition coefficient (Wildman–Crippen LogP) is 8.05. The van der Waals surface area contributed by atoms with E-state index in [0.29, 0.717) is 18.0 Å². The van der Waals surface area contributed by atoms with E-state index in [-0.39, 0.29) is 12.4 Å². The molecule has 1 N–H and O–H groups in total. The molecule has 0 aliphatic carbocycles. The number of halogens is 2. The van der Waals surface area contributed by atoms with Crippen LogP contribution in [-0.2, 0) is 5.60 Å². The molecule has 38 heavy (non-hydrogen) atoms. The van der Waals surface area contributed by atoms with E-state index in [1.807, 2.05) is 74.8 Å². The smallest absolute Gasteiger partial charge is 0.123 e. The Bertz CT molecular complexity index is 1530. The third kappa shape index (κ3) is 5.25. The SMILES string of the molecule is COc1ccc2ccccc2c1C(c1ccc(Cl)cc1)C(O)(CCN(C)C)c1cccc2ccccc12.Cl. The lowest BCUT2D eigenvalue weighted by atomic mass is 9.69. The lowest BCUT2D eigenvalue weighted by Gasteiger charge is -2.40. The van der Waals surface area contributed by atoms with Gasteiger partial charge in [-0.15, -0.1) is 12.4 Å². The van der Waals surface area contributed by atoms with Gasteiger partial charge >= 0.3 is 0 Å². The summed E-state index contributed by atoms with van der Waals surface area (Å²) in [5.74, 6) is 0.332. The fourth-order valence-corrected chi connectivity index (χ4v) is 5.65. The molecule has 3 nitrogen and oxygen atoms in total. The van der Waals surface area contributed by atoms with Crippen molar-refractivity contribution in [2.45, 2.75) is 17.9 Å². The number of aliphatic hydroxyl groups is 1. The highest BCUT2D eigenvalue weighted by atomic mass is 35.5. The highest BCUT2D eigenvalue weighted by Crippen LogP contribution is 2.50. The average Bonchev–Trinajstić information content (AvgIpc) is 2.92. The zero-order valence-corrected chi connectivity index (χ0v) is 23.5. The second-order valence-corrected chi connectivity index (χ2v) is 10.3. The topological polar surface area (TPSA) is 32.7 Å². The van der Waals surface area contributed by atoms with Crippen molar-refractivity contribution >= 4 is 45.6 Å². The summed E-state index contributed by atoms with van der Waals surface area (Å²) in [5.41, 5.74) is 1.60. The number of benzene rings is 5. The molecule has 0 amide bonds. The van der Waals surface area contributed by atoms with Gasteiger partial charge in [0, 0.05) is 23.0 Å². The van der Waals surface area contributed by atoms with Gasteiger partial charge in [0.2, 0.25) is 0 Å². The van der Waals surface area contributed by atoms with Crippen molar-refractivity contribution in [3.8, 4) is 5.75 Å². The summed E-state index contributed by atoms with van der Waals surface area (Å²) >= 11 is 6.33. The van der Waals surface area contributed by atoms with Crippen molar-refractivity contribution < 1.29 is 9.84 Å². The number of rotatable bonds is 8. The standard InChI is InChI=1S/C33H32ClNO2.ClH/c1-35(2)22-21-33(36,29-14-8-11-23-9-4-6-12-27(23)29)32(25-15-18-26(34)19-16-25)31-28-13-7-5-10-24(28)17-20-30(31)37-3;/h4-20,32,36H,21-22H2,1-3H3;1H. The minimum absolute atomic E-state index is 0. The largest absolute Gasteiger partial charge is 0.496 e. The summed E-state index contributed by atoms with van der Waals surface area (Å²) in [6.45, 7) is 0.705. The minimum atomic E-state index is -1.25. The molecule has 196 valence electrons. The zero-order valence-electron chi connectivity index (χ0n) is 21.9. The first-order valence-corrected chi connectivity index (χ1v) is 13.0. The van der Waals surface area contributed by atoms with Crippen LogP contribution in [0.1, 0.15) is 29.0 Å². The Kier molecular flexibility index (Phi) is 8.64. The van der Waals surface area contributed by atoms with Crippen LogP contribution < -0.4 is 4.74 Å². The van der Waals surface area contributed by atoms with Crippen LogP contribution in [0.15, 0.2) is 103 Å². The molecule has 0 saturated heterocycles. The summed E-state index contributed by atoms with van der Waals surface area (Å²) in [4.78, 5) is 2.12. The molecule has 0 spiro atoms. The lowest BCUT2D eigenvalue weighted by molar-refractivity contribution is 0.00569. The molecule has 0 aliphatic heterocycles. The summed E-state index contributed by atoms with van der Waals surface area (Å²) in [7, 11) is 5.78. The van der Waals surface area contributed by atoms with Gasteiger partial charge in [-0.3, -0.25) is 0 Å². The van der Waals surface area contributed by atoms with Gasteiger partial charge in [0.05, 0.1) is 7.11 Å². The van der Waals surface area contributed by atoms with Crippen LogP contribution in [0.25, 0.3) is 21.5 Å². The first-order valence-electron chi connectivity index (χ1n) is 12.6. The van der Waals surface area contributed by atoms with Gasteiger partial charge in [0.15, 0.2) is 0 Å². The maximum Gasteiger partial charge on any atom is 0.123 e. The zero-order chi connectivity index (χ0) is 26.0. The maximum atomic E-state index is 13.1. The van der Waals surface area contributed by atoms with Crippen molar-refractivity contribution in [3.05, 3.63) is 125 Å². The molecule has 2 atom stereocenters. The number of hydrogen-bond acceptors (Lipinski definition) is 3. The van der Waals surface area contributed by atoms with Crippen LogP contribution in [0.5, 0.6) is 5.75 Å². The van der Waals surface area contributed by atoms with Gasteiger partial charge in [-0.25, -0.2) is 0 Å². The quantitative estimate of drug-likeness (QED) is 0.214. The molecule has 0 aliphatic rings. The van der Waals surface area contributed by atoms with Crippen molar-refractivity contribution in [3.63, 3.8) is 0 Å². The van der Waals surface area contributed by atoms with Crippen molar-refractivity contribution in [1.29, 1.82) is 0 Å². The molecule has 5 aromatic rings. The fraction of sp³-hybridized carbons (Fsp3) is 0.212. The van der Waals surface area contributed by atoms with Crippen LogP contribution >= 0.6 is 24.0 Å². The second-order valence-electron chi connectivity index (χ2n) is 9.89. The Balaban J connectivity index is 0.00000336. The second kappa shape index (κ2) is 11.8. The first kappa shape index (κ1) is 27.9. The van der Waals surface area contributed by atoms with E-state index in [1.54, 1.807) is 7.11 Å². The Labute approximate surface area is 236 Å².